The Morgan fingerprint density at radius 2 is 1.83 bits per heavy atom. The van der Waals surface area contributed by atoms with Gasteiger partial charge in [-0.3, -0.25) is 9.69 Å². The Kier molecular flexibility index (Phi) is 7.16. The predicted octanol–water partition coefficient (Wildman–Crippen LogP) is 4.56. The van der Waals surface area contributed by atoms with E-state index in [4.69, 9.17) is 9.84 Å². The Balaban J connectivity index is 1.19. The Morgan fingerprint density at radius 3 is 2.59 bits per heavy atom. The maximum absolute atomic E-state index is 12.9. The molecule has 0 N–H and O–H groups in total. The first-order chi connectivity index (χ1) is 19.7. The molecule has 1 saturated heterocycles. The van der Waals surface area contributed by atoms with Gasteiger partial charge in [0.1, 0.15) is 5.82 Å². The van der Waals surface area contributed by atoms with E-state index >= 15 is 0 Å². The molecule has 0 unspecified atom stereocenters. The highest BCUT2D eigenvalue weighted by molar-refractivity contribution is 6.00. The molecule has 41 heavy (non-hydrogen) atoms. The first-order valence-corrected chi connectivity index (χ1v) is 13.4. The van der Waals surface area contributed by atoms with Gasteiger partial charge in [-0.05, 0) is 68.9 Å². The van der Waals surface area contributed by atoms with E-state index in [0.717, 1.165) is 42.9 Å². The van der Waals surface area contributed by atoms with Crippen LogP contribution in [0.1, 0.15) is 35.6 Å². The highest BCUT2D eigenvalue weighted by Crippen LogP contribution is 2.33. The second kappa shape index (κ2) is 10.9. The quantitative estimate of drug-likeness (QED) is 0.326. The monoisotopic (exact) mass is 563 g/mol. The number of piperidine rings is 1. The largest absolute Gasteiger partial charge is 0.467 e. The molecule has 0 radical (unpaired) electrons. The van der Waals surface area contributed by atoms with Crippen molar-refractivity contribution in [3.8, 4) is 23.0 Å². The molecule has 0 aliphatic carbocycles. The molecule has 0 atom stereocenters. The van der Waals surface area contributed by atoms with Crippen LogP contribution in [0, 0.1) is 0 Å². The maximum atomic E-state index is 12.9. The van der Waals surface area contributed by atoms with Crippen molar-refractivity contribution in [1.29, 1.82) is 0 Å². The summed E-state index contributed by atoms with van der Waals surface area (Å²) < 4.78 is 45.0. The summed E-state index contributed by atoms with van der Waals surface area (Å²) in [6, 6.07) is 13.0. The Labute approximate surface area is 234 Å². The number of anilines is 1. The van der Waals surface area contributed by atoms with Crippen molar-refractivity contribution in [3.63, 3.8) is 0 Å². The lowest BCUT2D eigenvalue weighted by atomic mass is 9.94. The average molecular weight is 564 g/mol. The minimum absolute atomic E-state index is 0.128. The Morgan fingerprint density at radius 1 is 1.05 bits per heavy atom. The van der Waals surface area contributed by atoms with Gasteiger partial charge >= 0.3 is 6.18 Å². The third-order valence-corrected chi connectivity index (χ3v) is 7.41. The molecule has 0 spiro atoms. The number of amides is 1. The van der Waals surface area contributed by atoms with Gasteiger partial charge in [0, 0.05) is 30.1 Å². The molecule has 9 nitrogen and oxygen atoms in total. The number of fused-ring (bicyclic) bond motifs is 1. The van der Waals surface area contributed by atoms with E-state index in [1.807, 2.05) is 35.1 Å². The van der Waals surface area contributed by atoms with Crippen molar-refractivity contribution >= 4 is 11.7 Å². The summed E-state index contributed by atoms with van der Waals surface area (Å²) in [7, 11) is 2.14. The first kappa shape index (κ1) is 26.9. The number of likely N-dealkylation sites (tertiary alicyclic amines) is 1. The number of ether oxygens (including phenoxy) is 1. The van der Waals surface area contributed by atoms with Crippen molar-refractivity contribution in [2.45, 2.75) is 37.9 Å². The summed E-state index contributed by atoms with van der Waals surface area (Å²) in [4.78, 5) is 29.6. The number of rotatable bonds is 7. The SMILES string of the molecule is CN1CCC(c2ccn(-c3ccc(CN4C(=O)Cc5cnc(-c6cccnc6OCC(F)(F)F)nc54)cc3)n2)CC1. The van der Waals surface area contributed by atoms with E-state index in [2.05, 4.69) is 33.0 Å². The number of aromatic nitrogens is 5. The van der Waals surface area contributed by atoms with Crippen LogP contribution in [0.3, 0.4) is 0 Å². The second-order valence-corrected chi connectivity index (χ2v) is 10.4. The normalized spacial score (nSPS) is 16.3. The lowest BCUT2D eigenvalue weighted by molar-refractivity contribution is -0.154. The molecule has 4 aromatic rings. The molecule has 2 aliphatic rings. The van der Waals surface area contributed by atoms with Crippen molar-refractivity contribution in [3.05, 3.63) is 77.9 Å². The van der Waals surface area contributed by atoms with Crippen LogP contribution in [0.5, 0.6) is 5.88 Å². The van der Waals surface area contributed by atoms with Crippen molar-refractivity contribution in [2.24, 2.45) is 0 Å². The van der Waals surface area contributed by atoms with Gasteiger partial charge < -0.3 is 9.64 Å². The van der Waals surface area contributed by atoms with Gasteiger partial charge in [-0.15, -0.1) is 0 Å². The topological polar surface area (TPSA) is 89.3 Å². The molecule has 12 heteroatoms. The zero-order valence-electron chi connectivity index (χ0n) is 22.4. The number of hydrogen-bond donors (Lipinski definition) is 0. The number of hydrogen-bond acceptors (Lipinski definition) is 7. The third-order valence-electron chi connectivity index (χ3n) is 7.41. The molecule has 212 valence electrons. The minimum atomic E-state index is -4.52. The smallest absolute Gasteiger partial charge is 0.422 e. The molecule has 1 fully saturated rings. The Bertz CT molecular complexity index is 1550. The van der Waals surface area contributed by atoms with Crippen LogP contribution >= 0.6 is 0 Å². The number of nitrogens with zero attached hydrogens (tertiary/aromatic N) is 7. The summed E-state index contributed by atoms with van der Waals surface area (Å²) in [5.74, 6) is 0.658. The number of carbonyl (C=O) groups is 1. The van der Waals surface area contributed by atoms with Crippen LogP contribution in [0.4, 0.5) is 19.0 Å². The molecule has 1 amide bonds. The van der Waals surface area contributed by atoms with Crippen LogP contribution in [-0.2, 0) is 17.8 Å². The van der Waals surface area contributed by atoms with Crippen LogP contribution in [-0.4, -0.2) is 68.5 Å². The molecule has 1 aromatic carbocycles. The van der Waals surface area contributed by atoms with Gasteiger partial charge in [0.2, 0.25) is 11.8 Å². The standard InChI is InChI=1S/C29H28F3N7O2/c1-37-12-8-20(9-13-37)24-10-14-39(36-24)22-6-4-19(5-7-22)17-38-25(40)15-21-16-34-26(35-27(21)38)23-3-2-11-33-28(23)41-18-29(30,31)32/h2-7,10-11,14,16,20H,8-9,12-13,15,17-18H2,1H3. The molecule has 6 rings (SSSR count). The third kappa shape index (κ3) is 5.92. The highest BCUT2D eigenvalue weighted by atomic mass is 19.4. The molecular formula is C29H28F3N7O2. The Hall–Kier alpha value is -4.32. The van der Waals surface area contributed by atoms with Gasteiger partial charge in [-0.2, -0.15) is 18.3 Å². The zero-order chi connectivity index (χ0) is 28.6. The number of halogens is 3. The van der Waals surface area contributed by atoms with Gasteiger partial charge in [0.15, 0.2) is 12.4 Å². The highest BCUT2D eigenvalue weighted by Gasteiger charge is 2.32. The fourth-order valence-electron chi connectivity index (χ4n) is 5.19. The van der Waals surface area contributed by atoms with E-state index in [1.54, 1.807) is 11.0 Å². The van der Waals surface area contributed by atoms with Crippen molar-refractivity contribution in [2.75, 3.05) is 31.6 Å². The number of carbonyl (C=O) groups excluding carboxylic acids is 1. The van der Waals surface area contributed by atoms with E-state index in [0.29, 0.717) is 17.3 Å². The molecule has 0 bridgehead atoms. The van der Waals surface area contributed by atoms with E-state index < -0.39 is 12.8 Å². The van der Waals surface area contributed by atoms with Gasteiger partial charge in [-0.25, -0.2) is 19.6 Å². The lowest BCUT2D eigenvalue weighted by Crippen LogP contribution is -2.29. The summed E-state index contributed by atoms with van der Waals surface area (Å²) in [5, 5.41) is 4.82. The van der Waals surface area contributed by atoms with E-state index in [1.165, 1.54) is 18.5 Å². The van der Waals surface area contributed by atoms with Crippen LogP contribution in [0.15, 0.2) is 61.1 Å². The summed E-state index contributed by atoms with van der Waals surface area (Å²) in [6.07, 6.45) is 2.67. The van der Waals surface area contributed by atoms with Gasteiger partial charge in [0.05, 0.1) is 29.9 Å². The number of pyridine rings is 1. The summed E-state index contributed by atoms with van der Waals surface area (Å²) in [6.45, 7) is 0.950. The second-order valence-electron chi connectivity index (χ2n) is 10.4. The van der Waals surface area contributed by atoms with Crippen molar-refractivity contribution < 1.29 is 22.7 Å². The van der Waals surface area contributed by atoms with Crippen LogP contribution in [0.2, 0.25) is 0 Å². The van der Waals surface area contributed by atoms with E-state index in [-0.39, 0.29) is 36.1 Å². The van der Waals surface area contributed by atoms with Crippen LogP contribution in [0.25, 0.3) is 17.1 Å². The number of benzene rings is 1. The fraction of sp³-hybridized carbons (Fsp3) is 0.345. The van der Waals surface area contributed by atoms with Crippen LogP contribution < -0.4 is 9.64 Å². The fourth-order valence-corrected chi connectivity index (χ4v) is 5.19. The molecule has 0 saturated carbocycles. The first-order valence-electron chi connectivity index (χ1n) is 13.4. The van der Waals surface area contributed by atoms with Gasteiger partial charge in [0.25, 0.3) is 0 Å². The van der Waals surface area contributed by atoms with Gasteiger partial charge in [-0.1, -0.05) is 12.1 Å². The van der Waals surface area contributed by atoms with E-state index in [9.17, 15) is 18.0 Å². The average Bonchev–Trinajstić information content (AvgIpc) is 3.57. The molecule has 3 aromatic heterocycles. The van der Waals surface area contributed by atoms with Crippen molar-refractivity contribution in [1.82, 2.24) is 29.6 Å². The molecule has 5 heterocycles. The minimum Gasteiger partial charge on any atom is -0.467 e. The number of alkyl halides is 3. The summed E-state index contributed by atoms with van der Waals surface area (Å²) >= 11 is 0. The molecular weight excluding hydrogens is 535 g/mol. The maximum Gasteiger partial charge on any atom is 0.422 e. The molecule has 2 aliphatic heterocycles. The predicted molar refractivity (Wildman–Crippen MR) is 145 cm³/mol. The zero-order valence-corrected chi connectivity index (χ0v) is 22.4. The summed E-state index contributed by atoms with van der Waals surface area (Å²) in [5.41, 5.74) is 3.79. The lowest BCUT2D eigenvalue weighted by Gasteiger charge is -2.27.